The first kappa shape index (κ1) is 10.4. The minimum Gasteiger partial charge on any atom is -0.460 e. The van der Waals surface area contributed by atoms with Crippen LogP contribution in [-0.4, -0.2) is 30.6 Å². The molecule has 5 heteroatoms. The number of rotatable bonds is 2. The molecule has 0 aromatic carbocycles. The van der Waals surface area contributed by atoms with E-state index in [1.54, 1.807) is 6.92 Å². The highest BCUT2D eigenvalue weighted by atomic mass is 16.7. The van der Waals surface area contributed by atoms with Crippen molar-refractivity contribution in [2.75, 3.05) is 6.61 Å². The Labute approximate surface area is 88.8 Å². The van der Waals surface area contributed by atoms with Gasteiger partial charge in [-0.25, -0.2) is 10.3 Å². The fourth-order valence-corrected chi connectivity index (χ4v) is 1.98. The molecule has 1 N–H and O–H groups in total. The summed E-state index contributed by atoms with van der Waals surface area (Å²) in [5.41, 5.74) is 2.58. The number of hydrogen-bond donors (Lipinski definition) is 1. The molecule has 0 aromatic heterocycles. The van der Waals surface area contributed by atoms with Crippen LogP contribution in [0.2, 0.25) is 0 Å². The topological polar surface area (TPSA) is 59.9 Å². The van der Waals surface area contributed by atoms with Gasteiger partial charge in [-0.05, 0) is 19.8 Å². The van der Waals surface area contributed by atoms with E-state index in [0.29, 0.717) is 6.61 Å². The van der Waals surface area contributed by atoms with Gasteiger partial charge in [-0.2, -0.15) is 0 Å². The zero-order valence-corrected chi connectivity index (χ0v) is 8.86. The quantitative estimate of drug-likeness (QED) is 0.688. The monoisotopic (exact) mass is 212 g/mol. The van der Waals surface area contributed by atoms with Crippen LogP contribution >= 0.6 is 0 Å². The molecule has 1 aliphatic heterocycles. The predicted molar refractivity (Wildman–Crippen MR) is 54.3 cm³/mol. The van der Waals surface area contributed by atoms with Gasteiger partial charge in [0, 0.05) is 0 Å². The molecular weight excluding hydrogens is 196 g/mol. The molecule has 1 fully saturated rings. The maximum atomic E-state index is 11.4. The van der Waals surface area contributed by atoms with Crippen molar-refractivity contribution < 1.29 is 14.4 Å². The van der Waals surface area contributed by atoms with Gasteiger partial charge in [-0.1, -0.05) is 12.8 Å². The van der Waals surface area contributed by atoms with Crippen molar-refractivity contribution in [3.63, 3.8) is 0 Å². The summed E-state index contributed by atoms with van der Waals surface area (Å²) in [7, 11) is 0. The van der Waals surface area contributed by atoms with Gasteiger partial charge in [-0.3, -0.25) is 9.83 Å². The number of hydroxylamine groups is 1. The van der Waals surface area contributed by atoms with Crippen LogP contribution in [-0.2, 0) is 14.4 Å². The Bertz CT molecular complexity index is 278. The van der Waals surface area contributed by atoms with Crippen molar-refractivity contribution >= 4 is 11.8 Å². The molecule has 5 nitrogen and oxygen atoms in total. The highest BCUT2D eigenvalue weighted by Gasteiger charge is 2.32. The number of fused-ring (bicyclic) bond motifs is 1. The Morgan fingerprint density at radius 3 is 3.20 bits per heavy atom. The summed E-state index contributed by atoms with van der Waals surface area (Å²) in [5, 5.41) is 0. The fourth-order valence-electron chi connectivity index (χ4n) is 1.98. The van der Waals surface area contributed by atoms with Gasteiger partial charge >= 0.3 is 5.97 Å². The molecule has 2 atom stereocenters. The molecule has 0 amide bonds. The Morgan fingerprint density at radius 1 is 1.60 bits per heavy atom. The lowest BCUT2D eigenvalue weighted by atomic mass is 9.93. The molecule has 0 spiro atoms. The number of nitrogens with one attached hydrogen (secondary N) is 1. The normalized spacial score (nSPS) is 29.8. The molecule has 0 aromatic rings. The molecule has 15 heavy (non-hydrogen) atoms. The second-order valence-corrected chi connectivity index (χ2v) is 3.81. The Morgan fingerprint density at radius 2 is 2.40 bits per heavy atom. The standard InChI is InChI=1S/C10H16N2O3/c1-2-14-10(13)9-11-7-5-3-4-6-8(7)15-12-9/h7-8H,2-6H2,1H3,(H,11,12)/t7-,8+/m1/s1. The number of amidine groups is 1. The molecule has 0 unspecified atom stereocenters. The van der Waals surface area contributed by atoms with E-state index in [-0.39, 0.29) is 18.0 Å². The van der Waals surface area contributed by atoms with Crippen LogP contribution in [0.5, 0.6) is 0 Å². The van der Waals surface area contributed by atoms with Gasteiger partial charge in [0.1, 0.15) is 6.10 Å². The fraction of sp³-hybridized carbons (Fsp3) is 0.800. The highest BCUT2D eigenvalue weighted by Crippen LogP contribution is 2.25. The molecule has 0 saturated heterocycles. The number of hydrogen-bond acceptors (Lipinski definition) is 5. The molecule has 1 saturated carbocycles. The third kappa shape index (κ3) is 2.28. The minimum absolute atomic E-state index is 0.122. The molecule has 1 heterocycles. The van der Waals surface area contributed by atoms with Crippen molar-refractivity contribution in [2.24, 2.45) is 4.99 Å². The van der Waals surface area contributed by atoms with Crippen LogP contribution in [0.25, 0.3) is 0 Å². The van der Waals surface area contributed by atoms with Crippen molar-refractivity contribution in [3.05, 3.63) is 0 Å². The Hall–Kier alpha value is -1.10. The summed E-state index contributed by atoms with van der Waals surface area (Å²) in [5.74, 6) is -0.221. The number of nitrogens with zero attached hydrogens (tertiary/aromatic N) is 1. The molecule has 2 rings (SSSR count). The van der Waals surface area contributed by atoms with Crippen molar-refractivity contribution in [1.29, 1.82) is 0 Å². The van der Waals surface area contributed by atoms with Crippen LogP contribution < -0.4 is 5.48 Å². The van der Waals surface area contributed by atoms with Gasteiger partial charge in [-0.15, -0.1) is 0 Å². The maximum absolute atomic E-state index is 11.4. The van der Waals surface area contributed by atoms with Crippen molar-refractivity contribution in [2.45, 2.75) is 44.8 Å². The predicted octanol–water partition coefficient (Wildman–Crippen LogP) is 0.794. The Kier molecular flexibility index (Phi) is 3.20. The van der Waals surface area contributed by atoms with Crippen LogP contribution in [0.4, 0.5) is 0 Å². The number of carbonyl (C=O) groups is 1. The first-order valence-electron chi connectivity index (χ1n) is 5.48. The van der Waals surface area contributed by atoms with E-state index in [9.17, 15) is 4.79 Å². The first-order chi connectivity index (χ1) is 7.31. The van der Waals surface area contributed by atoms with E-state index in [4.69, 9.17) is 9.57 Å². The number of aliphatic imine (C=N–C) groups is 1. The SMILES string of the molecule is CCOC(=O)C1=N[C@@H]2CCCC[C@@H]2ON1. The summed E-state index contributed by atoms with van der Waals surface area (Å²) in [6.07, 6.45) is 4.46. The summed E-state index contributed by atoms with van der Waals surface area (Å²) >= 11 is 0. The number of esters is 1. The third-order valence-electron chi connectivity index (χ3n) is 2.74. The van der Waals surface area contributed by atoms with Crippen LogP contribution in [0.15, 0.2) is 4.99 Å². The summed E-state index contributed by atoms with van der Waals surface area (Å²) < 4.78 is 4.85. The number of carbonyl (C=O) groups excluding carboxylic acids is 1. The average molecular weight is 212 g/mol. The van der Waals surface area contributed by atoms with E-state index in [1.165, 1.54) is 6.42 Å². The minimum atomic E-state index is -0.429. The van der Waals surface area contributed by atoms with Crippen molar-refractivity contribution in [1.82, 2.24) is 5.48 Å². The molecule has 84 valence electrons. The van der Waals surface area contributed by atoms with E-state index in [2.05, 4.69) is 10.5 Å². The lowest BCUT2D eigenvalue weighted by Crippen LogP contribution is -2.47. The summed E-state index contributed by atoms with van der Waals surface area (Å²) in [6.45, 7) is 2.12. The number of ether oxygens (including phenoxy) is 1. The highest BCUT2D eigenvalue weighted by molar-refractivity contribution is 6.35. The van der Waals surface area contributed by atoms with Crippen LogP contribution in [0, 0.1) is 0 Å². The Balaban J connectivity index is 2.02. The largest absolute Gasteiger partial charge is 0.460 e. The molecule has 0 bridgehead atoms. The molecule has 2 aliphatic rings. The van der Waals surface area contributed by atoms with Crippen LogP contribution in [0.3, 0.4) is 0 Å². The van der Waals surface area contributed by atoms with Gasteiger partial charge in [0.05, 0.1) is 12.6 Å². The zero-order chi connectivity index (χ0) is 10.7. The molecule has 1 aliphatic carbocycles. The zero-order valence-electron chi connectivity index (χ0n) is 8.86. The second-order valence-electron chi connectivity index (χ2n) is 3.81. The van der Waals surface area contributed by atoms with E-state index in [0.717, 1.165) is 19.3 Å². The van der Waals surface area contributed by atoms with Gasteiger partial charge < -0.3 is 4.74 Å². The van der Waals surface area contributed by atoms with E-state index < -0.39 is 5.97 Å². The molecule has 0 radical (unpaired) electrons. The molecular formula is C10H16N2O3. The average Bonchev–Trinajstić information content (AvgIpc) is 2.29. The van der Waals surface area contributed by atoms with Gasteiger partial charge in [0.25, 0.3) is 0 Å². The van der Waals surface area contributed by atoms with Gasteiger partial charge in [0.15, 0.2) is 0 Å². The van der Waals surface area contributed by atoms with E-state index >= 15 is 0 Å². The smallest absolute Gasteiger partial charge is 0.375 e. The van der Waals surface area contributed by atoms with Gasteiger partial charge in [0.2, 0.25) is 5.84 Å². The lowest BCUT2D eigenvalue weighted by molar-refractivity contribution is -0.137. The summed E-state index contributed by atoms with van der Waals surface area (Å²) in [4.78, 5) is 21.1. The lowest BCUT2D eigenvalue weighted by Gasteiger charge is -2.32. The van der Waals surface area contributed by atoms with Crippen LogP contribution in [0.1, 0.15) is 32.6 Å². The first-order valence-corrected chi connectivity index (χ1v) is 5.48. The maximum Gasteiger partial charge on any atom is 0.375 e. The van der Waals surface area contributed by atoms with Crippen molar-refractivity contribution in [3.8, 4) is 0 Å². The summed E-state index contributed by atoms with van der Waals surface area (Å²) in [6, 6.07) is 0.124. The second kappa shape index (κ2) is 4.61. The van der Waals surface area contributed by atoms with E-state index in [1.807, 2.05) is 0 Å². The third-order valence-corrected chi connectivity index (χ3v) is 2.74.